The summed E-state index contributed by atoms with van der Waals surface area (Å²) in [6.45, 7) is 13.3. The lowest BCUT2D eigenvalue weighted by atomic mass is 9.88. The number of rotatable bonds is 0. The Labute approximate surface area is 104 Å². The van der Waals surface area contributed by atoms with Crippen LogP contribution in [0.5, 0.6) is 0 Å². The first-order valence-electron chi connectivity index (χ1n) is 6.18. The quantitative estimate of drug-likeness (QED) is 0.670. The van der Waals surface area contributed by atoms with Crippen molar-refractivity contribution in [1.29, 1.82) is 0 Å². The third kappa shape index (κ3) is 2.36. The van der Waals surface area contributed by atoms with Crippen LogP contribution >= 0.6 is 0 Å². The molecule has 0 N–H and O–H groups in total. The van der Waals surface area contributed by atoms with Gasteiger partial charge in [-0.3, -0.25) is 0 Å². The van der Waals surface area contributed by atoms with Crippen LogP contribution in [-0.2, 0) is 10.8 Å². The van der Waals surface area contributed by atoms with Gasteiger partial charge in [-0.05, 0) is 23.1 Å². The van der Waals surface area contributed by atoms with Gasteiger partial charge >= 0.3 is 0 Å². The van der Waals surface area contributed by atoms with Gasteiger partial charge in [0.15, 0.2) is 0 Å². The summed E-state index contributed by atoms with van der Waals surface area (Å²) in [5.74, 6) is 0. The van der Waals surface area contributed by atoms with E-state index in [4.69, 9.17) is 0 Å². The molecule has 0 saturated carbocycles. The van der Waals surface area contributed by atoms with Gasteiger partial charge in [0.25, 0.3) is 0 Å². The minimum atomic E-state index is 0.105. The largest absolute Gasteiger partial charge is 0.240 e. The Morgan fingerprint density at radius 3 is 2.12 bits per heavy atom. The molecule has 0 fully saturated rings. The second-order valence-electron chi connectivity index (χ2n) is 6.82. The normalized spacial score (nSPS) is 13.3. The van der Waals surface area contributed by atoms with Crippen molar-refractivity contribution < 1.29 is 0 Å². The van der Waals surface area contributed by atoms with Gasteiger partial charge in [0.05, 0.1) is 11.2 Å². The van der Waals surface area contributed by atoms with Crippen LogP contribution in [-0.4, -0.2) is 9.61 Å². The maximum absolute atomic E-state index is 4.67. The fourth-order valence-corrected chi connectivity index (χ4v) is 1.80. The molecule has 0 spiro atoms. The van der Waals surface area contributed by atoms with Crippen LogP contribution < -0.4 is 0 Å². The summed E-state index contributed by atoms with van der Waals surface area (Å²) in [5, 5.41) is 4.67. The number of pyridine rings is 1. The lowest BCUT2D eigenvalue weighted by Crippen LogP contribution is -2.13. The highest BCUT2D eigenvalue weighted by atomic mass is 15.2. The van der Waals surface area contributed by atoms with Gasteiger partial charge in [0.2, 0.25) is 0 Å². The van der Waals surface area contributed by atoms with Crippen LogP contribution in [0.3, 0.4) is 0 Å². The fourth-order valence-electron chi connectivity index (χ4n) is 1.80. The van der Waals surface area contributed by atoms with Crippen LogP contribution in [0.25, 0.3) is 5.52 Å². The summed E-state index contributed by atoms with van der Waals surface area (Å²) in [4.78, 5) is 0. The Balaban J connectivity index is 2.56. The zero-order chi connectivity index (χ0) is 12.8. The van der Waals surface area contributed by atoms with E-state index in [2.05, 4.69) is 71.0 Å². The van der Waals surface area contributed by atoms with Crippen molar-refractivity contribution in [3.8, 4) is 0 Å². The van der Waals surface area contributed by atoms with Gasteiger partial charge in [-0.1, -0.05) is 47.6 Å². The molecule has 0 aliphatic heterocycles. The molecular formula is C15H22N2. The van der Waals surface area contributed by atoms with Crippen molar-refractivity contribution in [2.24, 2.45) is 0 Å². The van der Waals surface area contributed by atoms with E-state index in [-0.39, 0.29) is 10.8 Å². The molecule has 92 valence electrons. The van der Waals surface area contributed by atoms with Crippen molar-refractivity contribution in [3.05, 3.63) is 35.7 Å². The van der Waals surface area contributed by atoms with Gasteiger partial charge in [-0.25, -0.2) is 4.52 Å². The lowest BCUT2D eigenvalue weighted by molar-refractivity contribution is 0.559. The Bertz CT molecular complexity index is 524. The molecule has 0 bridgehead atoms. The van der Waals surface area contributed by atoms with Crippen molar-refractivity contribution in [3.63, 3.8) is 0 Å². The molecule has 2 aromatic rings. The molecule has 2 heterocycles. The summed E-state index contributed by atoms with van der Waals surface area (Å²) in [6, 6.07) is 6.53. The molecule has 0 aromatic carbocycles. The molecule has 0 saturated heterocycles. The van der Waals surface area contributed by atoms with Crippen LogP contribution in [0.1, 0.15) is 52.8 Å². The monoisotopic (exact) mass is 230 g/mol. The van der Waals surface area contributed by atoms with E-state index in [1.807, 2.05) is 4.52 Å². The van der Waals surface area contributed by atoms with Crippen molar-refractivity contribution in [1.82, 2.24) is 9.61 Å². The molecular weight excluding hydrogens is 208 g/mol. The van der Waals surface area contributed by atoms with Crippen LogP contribution in [0, 0.1) is 0 Å². The molecule has 2 nitrogen and oxygen atoms in total. The topological polar surface area (TPSA) is 17.3 Å². The molecule has 0 unspecified atom stereocenters. The molecule has 0 radical (unpaired) electrons. The number of nitrogens with zero attached hydrogens (tertiary/aromatic N) is 2. The summed E-state index contributed by atoms with van der Waals surface area (Å²) in [5.41, 5.74) is 3.90. The van der Waals surface area contributed by atoms with Crippen molar-refractivity contribution in [2.45, 2.75) is 52.4 Å². The molecule has 2 rings (SSSR count). The maximum Gasteiger partial charge on any atom is 0.0688 e. The Morgan fingerprint density at radius 1 is 0.941 bits per heavy atom. The van der Waals surface area contributed by atoms with Crippen LogP contribution in [0.2, 0.25) is 0 Å². The van der Waals surface area contributed by atoms with Crippen molar-refractivity contribution in [2.75, 3.05) is 0 Å². The van der Waals surface area contributed by atoms with E-state index < -0.39 is 0 Å². The maximum atomic E-state index is 4.67. The molecule has 0 amide bonds. The van der Waals surface area contributed by atoms with Gasteiger partial charge in [-0.2, -0.15) is 5.10 Å². The lowest BCUT2D eigenvalue weighted by Gasteiger charge is -2.18. The molecule has 0 aliphatic rings. The Morgan fingerprint density at radius 2 is 1.59 bits per heavy atom. The second-order valence-corrected chi connectivity index (χ2v) is 6.82. The van der Waals surface area contributed by atoms with Gasteiger partial charge in [-0.15, -0.1) is 0 Å². The number of fused-ring (bicyclic) bond motifs is 1. The predicted molar refractivity (Wildman–Crippen MR) is 72.6 cm³/mol. The van der Waals surface area contributed by atoms with Gasteiger partial charge in [0.1, 0.15) is 0 Å². The van der Waals surface area contributed by atoms with E-state index in [0.717, 1.165) is 5.69 Å². The van der Waals surface area contributed by atoms with E-state index in [1.165, 1.54) is 11.1 Å². The Kier molecular flexibility index (Phi) is 2.57. The SMILES string of the molecule is CC(C)(C)c1ccc2cc(C(C)(C)C)nn2c1. The van der Waals surface area contributed by atoms with E-state index in [0.29, 0.717) is 0 Å². The summed E-state index contributed by atoms with van der Waals surface area (Å²) < 4.78 is 2.00. The van der Waals surface area contributed by atoms with Gasteiger partial charge < -0.3 is 0 Å². The predicted octanol–water partition coefficient (Wildman–Crippen LogP) is 3.93. The van der Waals surface area contributed by atoms with E-state index >= 15 is 0 Å². The molecule has 2 aromatic heterocycles. The highest BCUT2D eigenvalue weighted by molar-refractivity contribution is 5.50. The average molecular weight is 230 g/mol. The third-order valence-corrected chi connectivity index (χ3v) is 3.09. The summed E-state index contributed by atoms with van der Waals surface area (Å²) in [6.07, 6.45) is 2.14. The molecule has 2 heteroatoms. The summed E-state index contributed by atoms with van der Waals surface area (Å²) >= 11 is 0. The molecule has 17 heavy (non-hydrogen) atoms. The smallest absolute Gasteiger partial charge is 0.0688 e. The van der Waals surface area contributed by atoms with E-state index in [1.54, 1.807) is 0 Å². The molecule has 0 aliphatic carbocycles. The Hall–Kier alpha value is -1.31. The third-order valence-electron chi connectivity index (χ3n) is 3.09. The average Bonchev–Trinajstić information content (AvgIpc) is 2.57. The zero-order valence-corrected chi connectivity index (χ0v) is 11.7. The highest BCUT2D eigenvalue weighted by Crippen LogP contribution is 2.25. The van der Waals surface area contributed by atoms with Crippen LogP contribution in [0.4, 0.5) is 0 Å². The zero-order valence-electron chi connectivity index (χ0n) is 11.7. The number of hydrogen-bond donors (Lipinski definition) is 0. The molecule has 0 atom stereocenters. The fraction of sp³-hybridized carbons (Fsp3) is 0.533. The minimum absolute atomic E-state index is 0.105. The van der Waals surface area contributed by atoms with Gasteiger partial charge in [0, 0.05) is 11.6 Å². The first kappa shape index (κ1) is 12.2. The minimum Gasteiger partial charge on any atom is -0.240 e. The summed E-state index contributed by atoms with van der Waals surface area (Å²) in [7, 11) is 0. The second kappa shape index (κ2) is 3.59. The standard InChI is InChI=1S/C15H22N2/c1-14(2,3)11-7-8-12-9-13(15(4,5)6)16-17(12)10-11/h7-10H,1-6H3. The van der Waals surface area contributed by atoms with Crippen molar-refractivity contribution >= 4 is 5.52 Å². The number of aromatic nitrogens is 2. The van der Waals surface area contributed by atoms with Crippen LogP contribution in [0.15, 0.2) is 24.4 Å². The highest BCUT2D eigenvalue weighted by Gasteiger charge is 2.19. The number of hydrogen-bond acceptors (Lipinski definition) is 1. The first-order chi connectivity index (χ1) is 7.68. The van der Waals surface area contributed by atoms with E-state index in [9.17, 15) is 0 Å². The first-order valence-corrected chi connectivity index (χ1v) is 6.18.